The van der Waals surface area contributed by atoms with Gasteiger partial charge in [-0.2, -0.15) is 0 Å². The van der Waals surface area contributed by atoms with Crippen molar-refractivity contribution in [3.05, 3.63) is 17.5 Å². The number of hydrogen-bond acceptors (Lipinski definition) is 5. The fourth-order valence-corrected chi connectivity index (χ4v) is 10.6. The van der Waals surface area contributed by atoms with Gasteiger partial charge in [-0.3, -0.25) is 0 Å². The molecule has 1 aromatic heterocycles. The average Bonchev–Trinajstić information content (AvgIpc) is 2.80. The first-order valence-corrected chi connectivity index (χ1v) is 12.6. The molecule has 0 aliphatic carbocycles. The summed E-state index contributed by atoms with van der Waals surface area (Å²) in [6, 6.07) is 3.75. The van der Waals surface area contributed by atoms with Crippen molar-refractivity contribution in [1.82, 2.24) is 0 Å². The summed E-state index contributed by atoms with van der Waals surface area (Å²) in [4.78, 5) is 23.3. The standard InChI is InChI=1S/2C4H8O2.C4H3S.Tl/c2*1-3(2)4(5)6;1-2-4-5-3-1;/h2*3H,1-2H3,(H,5,6);1-3H;/q;;;+2/p-2. The second-order valence-electron chi connectivity index (χ2n) is 4.53. The molecular weight excluding hydrogens is 445 g/mol. The molecule has 98 valence electrons. The molecule has 0 amide bonds. The third kappa shape index (κ3) is 4.68. The molecule has 18 heavy (non-hydrogen) atoms. The molecule has 0 spiro atoms. The van der Waals surface area contributed by atoms with Crippen LogP contribution in [0.4, 0.5) is 0 Å². The number of thiophene rings is 1. The fourth-order valence-electron chi connectivity index (χ4n) is 1.05. The Balaban J connectivity index is 2.77. The summed E-state index contributed by atoms with van der Waals surface area (Å²) in [6.07, 6.45) is 0. The second-order valence-corrected chi connectivity index (χ2v) is 14.0. The first-order chi connectivity index (χ1) is 8.41. The van der Waals surface area contributed by atoms with Crippen LogP contribution in [0.25, 0.3) is 0 Å². The van der Waals surface area contributed by atoms with Gasteiger partial charge in [-0.1, -0.05) is 0 Å². The first kappa shape index (κ1) is 15.6. The normalized spacial score (nSPS) is 10.6. The molecule has 0 fully saturated rings. The third-order valence-corrected chi connectivity index (χ3v) is 12.2. The van der Waals surface area contributed by atoms with Crippen LogP contribution in [0.15, 0.2) is 17.5 Å². The Hall–Kier alpha value is -0.438. The van der Waals surface area contributed by atoms with Crippen molar-refractivity contribution < 1.29 is 15.0 Å². The summed E-state index contributed by atoms with van der Waals surface area (Å²) in [5.41, 5.74) is 0. The quantitative estimate of drug-likeness (QED) is 0.628. The van der Waals surface area contributed by atoms with E-state index in [1.807, 2.05) is 17.5 Å². The predicted octanol–water partition coefficient (Wildman–Crippen LogP) is 1.84. The zero-order valence-electron chi connectivity index (χ0n) is 11.0. The van der Waals surface area contributed by atoms with E-state index < -0.39 is 23.6 Å². The van der Waals surface area contributed by atoms with Gasteiger partial charge in [-0.05, 0) is 0 Å². The zero-order chi connectivity index (χ0) is 13.7. The molecule has 1 rings (SSSR count). The minimum atomic E-state index is -3.36. The van der Waals surface area contributed by atoms with E-state index in [0.717, 1.165) is 2.44 Å². The Morgan fingerprint density at radius 2 is 1.61 bits per heavy atom. The van der Waals surface area contributed by atoms with Gasteiger partial charge in [0, 0.05) is 0 Å². The number of carbonyl (C=O) groups is 2. The van der Waals surface area contributed by atoms with Gasteiger partial charge in [0.25, 0.3) is 0 Å². The Bertz CT molecular complexity index is 378. The van der Waals surface area contributed by atoms with Gasteiger partial charge >= 0.3 is 121 Å². The van der Waals surface area contributed by atoms with E-state index in [1.165, 1.54) is 11.3 Å². The molecule has 1 heterocycles. The van der Waals surface area contributed by atoms with Crippen molar-refractivity contribution in [2.75, 3.05) is 0 Å². The van der Waals surface area contributed by atoms with Crippen molar-refractivity contribution >= 4 is 49.3 Å². The number of rotatable bonds is 5. The summed E-state index contributed by atoms with van der Waals surface area (Å²) in [5, 5.41) is 1.90. The SMILES string of the molecule is CC(C)C(=O)[O][Tl]([O]C(=O)C(C)C)[c]1cccs1. The molecule has 0 radical (unpaired) electrons. The van der Waals surface area contributed by atoms with E-state index in [9.17, 15) is 9.59 Å². The maximum absolute atomic E-state index is 11.6. The topological polar surface area (TPSA) is 52.6 Å². The molecule has 0 aliphatic heterocycles. The van der Waals surface area contributed by atoms with Gasteiger partial charge in [0.05, 0.1) is 0 Å². The third-order valence-electron chi connectivity index (χ3n) is 2.16. The van der Waals surface area contributed by atoms with Crippen LogP contribution in [0.2, 0.25) is 0 Å². The Labute approximate surface area is 121 Å². The van der Waals surface area contributed by atoms with Gasteiger partial charge in [-0.15, -0.1) is 0 Å². The number of hydrogen-bond donors (Lipinski definition) is 0. The first-order valence-electron chi connectivity index (χ1n) is 5.86. The maximum atomic E-state index is 11.6. The van der Waals surface area contributed by atoms with E-state index in [1.54, 1.807) is 27.7 Å². The van der Waals surface area contributed by atoms with Crippen molar-refractivity contribution in [3.8, 4) is 0 Å². The van der Waals surface area contributed by atoms with Crippen LogP contribution in [0.5, 0.6) is 0 Å². The summed E-state index contributed by atoms with van der Waals surface area (Å²) >= 11 is -1.88. The van der Waals surface area contributed by atoms with Gasteiger partial charge in [0.15, 0.2) is 0 Å². The second kappa shape index (κ2) is 7.22. The molecule has 0 saturated carbocycles. The fraction of sp³-hybridized carbons (Fsp3) is 0.500. The average molecular weight is 462 g/mol. The summed E-state index contributed by atoms with van der Waals surface area (Å²) < 4.78 is 11.8. The predicted molar refractivity (Wildman–Crippen MR) is 71.6 cm³/mol. The van der Waals surface area contributed by atoms with Crippen LogP contribution in [-0.4, -0.2) is 35.5 Å². The Morgan fingerprint density at radius 1 is 1.11 bits per heavy atom. The van der Waals surface area contributed by atoms with Crippen molar-refractivity contribution in [2.24, 2.45) is 11.8 Å². The molecule has 6 heteroatoms. The van der Waals surface area contributed by atoms with Crippen LogP contribution in [-0.2, 0) is 15.0 Å². The van der Waals surface area contributed by atoms with Gasteiger partial charge in [0.1, 0.15) is 0 Å². The monoisotopic (exact) mass is 462 g/mol. The Kier molecular flexibility index (Phi) is 6.27. The van der Waals surface area contributed by atoms with Crippen molar-refractivity contribution in [2.45, 2.75) is 27.7 Å². The molecule has 1 aromatic rings. The van der Waals surface area contributed by atoms with Crippen LogP contribution >= 0.6 is 11.3 Å². The molecule has 0 N–H and O–H groups in total. The summed E-state index contributed by atoms with van der Waals surface area (Å²) in [6.45, 7) is 7.08. The molecule has 0 aliphatic rings. The van der Waals surface area contributed by atoms with E-state index in [0.29, 0.717) is 0 Å². The summed E-state index contributed by atoms with van der Waals surface area (Å²) in [5.74, 6) is -0.978. The van der Waals surface area contributed by atoms with Crippen LogP contribution in [0.1, 0.15) is 27.7 Å². The zero-order valence-corrected chi connectivity index (χ0v) is 16.3. The van der Waals surface area contributed by atoms with Gasteiger partial charge < -0.3 is 0 Å². The molecule has 0 aromatic carbocycles. The molecule has 0 atom stereocenters. The van der Waals surface area contributed by atoms with Gasteiger partial charge in [-0.25, -0.2) is 0 Å². The van der Waals surface area contributed by atoms with Gasteiger partial charge in [0.2, 0.25) is 0 Å². The summed E-state index contributed by atoms with van der Waals surface area (Å²) in [7, 11) is 0. The minimum absolute atomic E-state index is 0.204. The van der Waals surface area contributed by atoms with Crippen molar-refractivity contribution in [3.63, 3.8) is 0 Å². The molecule has 0 unspecified atom stereocenters. The molecule has 0 saturated heterocycles. The van der Waals surface area contributed by atoms with E-state index in [-0.39, 0.29) is 23.8 Å². The van der Waals surface area contributed by atoms with E-state index in [2.05, 4.69) is 0 Å². The molecular formula is C12H17O4STl. The van der Waals surface area contributed by atoms with Crippen LogP contribution in [0.3, 0.4) is 0 Å². The van der Waals surface area contributed by atoms with Crippen molar-refractivity contribution in [1.29, 1.82) is 0 Å². The Morgan fingerprint density at radius 3 is 1.94 bits per heavy atom. The molecule has 4 nitrogen and oxygen atoms in total. The van der Waals surface area contributed by atoms with Crippen LogP contribution in [0, 0.1) is 11.8 Å². The molecule has 0 bridgehead atoms. The van der Waals surface area contributed by atoms with Crippen LogP contribution < -0.4 is 2.44 Å². The van der Waals surface area contributed by atoms with E-state index >= 15 is 0 Å². The number of carbonyl (C=O) groups excluding carboxylic acids is 2. The van der Waals surface area contributed by atoms with E-state index in [4.69, 9.17) is 5.37 Å².